The van der Waals surface area contributed by atoms with Crippen molar-refractivity contribution in [3.05, 3.63) is 76.2 Å². The Morgan fingerprint density at radius 1 is 1.12 bits per heavy atom. The zero-order chi connectivity index (χ0) is 17.1. The Morgan fingerprint density at radius 2 is 1.83 bits per heavy atom. The van der Waals surface area contributed by atoms with Crippen molar-refractivity contribution in [1.29, 1.82) is 0 Å². The molecule has 122 valence electrons. The van der Waals surface area contributed by atoms with E-state index in [9.17, 15) is 14.7 Å². The molecule has 3 rings (SSSR count). The summed E-state index contributed by atoms with van der Waals surface area (Å²) in [5, 5.41) is 10.6. The van der Waals surface area contributed by atoms with E-state index in [4.69, 9.17) is 4.74 Å². The van der Waals surface area contributed by atoms with Gasteiger partial charge in [-0.05, 0) is 41.6 Å². The van der Waals surface area contributed by atoms with Crippen LogP contribution in [0.2, 0.25) is 0 Å². The molecule has 1 aromatic heterocycles. The van der Waals surface area contributed by atoms with Gasteiger partial charge in [0, 0.05) is 11.9 Å². The zero-order valence-corrected chi connectivity index (χ0v) is 13.2. The minimum atomic E-state index is -1.10. The molecule has 0 atom stereocenters. The van der Waals surface area contributed by atoms with Crippen LogP contribution in [0.5, 0.6) is 5.75 Å². The van der Waals surface area contributed by atoms with E-state index in [1.54, 1.807) is 37.4 Å². The summed E-state index contributed by atoms with van der Waals surface area (Å²) in [6.07, 6.45) is 0.558. The largest absolute Gasteiger partial charge is 0.497 e. The second kappa shape index (κ2) is 6.58. The number of carboxylic acids is 1. The molecule has 0 spiro atoms. The quantitative estimate of drug-likeness (QED) is 0.784. The molecule has 0 aliphatic rings. The molecule has 1 heterocycles. The third-order valence-corrected chi connectivity index (χ3v) is 4.02. The number of rotatable bonds is 5. The van der Waals surface area contributed by atoms with Crippen LogP contribution in [0.4, 0.5) is 0 Å². The fourth-order valence-corrected chi connectivity index (χ4v) is 2.73. The molecule has 0 amide bonds. The predicted molar refractivity (Wildman–Crippen MR) is 91.9 cm³/mol. The fraction of sp³-hybridized carbons (Fsp3) is 0.158. The van der Waals surface area contributed by atoms with E-state index in [0.29, 0.717) is 23.7 Å². The van der Waals surface area contributed by atoms with E-state index in [-0.39, 0.29) is 11.3 Å². The van der Waals surface area contributed by atoms with Crippen molar-refractivity contribution in [3.63, 3.8) is 0 Å². The monoisotopic (exact) mass is 323 g/mol. The lowest BCUT2D eigenvalue weighted by molar-refractivity contribution is 0.0683. The fourth-order valence-electron chi connectivity index (χ4n) is 2.73. The molecule has 24 heavy (non-hydrogen) atoms. The minimum absolute atomic E-state index is 0.00668. The first-order valence-corrected chi connectivity index (χ1v) is 7.59. The first-order valence-electron chi connectivity index (χ1n) is 7.59. The average Bonchev–Trinajstić information content (AvgIpc) is 2.61. The van der Waals surface area contributed by atoms with Gasteiger partial charge in [0.2, 0.25) is 0 Å². The molecular weight excluding hydrogens is 306 g/mol. The third kappa shape index (κ3) is 3.01. The van der Waals surface area contributed by atoms with Crippen LogP contribution in [-0.2, 0) is 13.0 Å². The summed E-state index contributed by atoms with van der Waals surface area (Å²) in [5.74, 6) is -0.347. The van der Waals surface area contributed by atoms with Gasteiger partial charge in [-0.25, -0.2) is 4.79 Å². The topological polar surface area (TPSA) is 68.5 Å². The van der Waals surface area contributed by atoms with Crippen molar-refractivity contribution in [2.75, 3.05) is 7.11 Å². The van der Waals surface area contributed by atoms with E-state index in [1.165, 1.54) is 4.57 Å². The summed E-state index contributed by atoms with van der Waals surface area (Å²) >= 11 is 0. The summed E-state index contributed by atoms with van der Waals surface area (Å²) in [7, 11) is 1.60. The number of aryl methyl sites for hydroxylation is 1. The number of methoxy groups -OCH3 is 1. The van der Waals surface area contributed by atoms with Crippen LogP contribution in [0.3, 0.4) is 0 Å². The van der Waals surface area contributed by atoms with E-state index in [2.05, 4.69) is 0 Å². The number of pyridine rings is 1. The molecule has 0 unspecified atom stereocenters. The third-order valence-electron chi connectivity index (χ3n) is 4.02. The SMILES string of the molecule is COc1ccc(CCn2c(C(=O)O)cc3ccccc3c2=O)cc1. The maximum absolute atomic E-state index is 12.7. The number of carbonyl (C=O) groups is 1. The van der Waals surface area contributed by atoms with Gasteiger partial charge in [0.25, 0.3) is 5.56 Å². The lowest BCUT2D eigenvalue weighted by Gasteiger charge is -2.12. The Balaban J connectivity index is 1.97. The highest BCUT2D eigenvalue weighted by Crippen LogP contribution is 2.15. The molecule has 0 saturated carbocycles. The van der Waals surface area contributed by atoms with Crippen molar-refractivity contribution >= 4 is 16.7 Å². The van der Waals surface area contributed by atoms with Crippen LogP contribution in [0, 0.1) is 0 Å². The average molecular weight is 323 g/mol. The molecule has 0 saturated heterocycles. The summed E-state index contributed by atoms with van der Waals surface area (Å²) in [6.45, 7) is 0.303. The first kappa shape index (κ1) is 15.8. The minimum Gasteiger partial charge on any atom is -0.497 e. The van der Waals surface area contributed by atoms with E-state index >= 15 is 0 Å². The Morgan fingerprint density at radius 3 is 2.50 bits per heavy atom. The molecule has 3 aromatic rings. The van der Waals surface area contributed by atoms with Crippen LogP contribution in [0.15, 0.2) is 59.4 Å². The zero-order valence-electron chi connectivity index (χ0n) is 13.2. The summed E-state index contributed by atoms with van der Waals surface area (Å²) in [6, 6.07) is 16.1. The molecule has 0 aliphatic carbocycles. The Labute approximate surface area is 138 Å². The van der Waals surface area contributed by atoms with Gasteiger partial charge in [-0.15, -0.1) is 0 Å². The molecule has 0 bridgehead atoms. The summed E-state index contributed by atoms with van der Waals surface area (Å²) in [4.78, 5) is 24.2. The first-order chi connectivity index (χ1) is 11.6. The van der Waals surface area contributed by atoms with Crippen LogP contribution in [0.1, 0.15) is 16.1 Å². The van der Waals surface area contributed by atoms with Crippen molar-refractivity contribution in [2.45, 2.75) is 13.0 Å². The molecule has 1 N–H and O–H groups in total. The number of aromatic nitrogens is 1. The van der Waals surface area contributed by atoms with Gasteiger partial charge in [-0.2, -0.15) is 0 Å². The summed E-state index contributed by atoms with van der Waals surface area (Å²) in [5.41, 5.74) is 0.735. The van der Waals surface area contributed by atoms with E-state index in [1.807, 2.05) is 24.3 Å². The van der Waals surface area contributed by atoms with Crippen molar-refractivity contribution in [3.8, 4) is 5.75 Å². The van der Waals surface area contributed by atoms with Crippen molar-refractivity contribution in [1.82, 2.24) is 4.57 Å². The van der Waals surface area contributed by atoms with Crippen LogP contribution < -0.4 is 10.3 Å². The van der Waals surface area contributed by atoms with Crippen LogP contribution in [0.25, 0.3) is 10.8 Å². The highest BCUT2D eigenvalue weighted by molar-refractivity contribution is 5.92. The number of fused-ring (bicyclic) bond motifs is 1. The van der Waals surface area contributed by atoms with Gasteiger partial charge < -0.3 is 14.4 Å². The van der Waals surface area contributed by atoms with E-state index in [0.717, 1.165) is 11.3 Å². The maximum Gasteiger partial charge on any atom is 0.352 e. The Kier molecular flexibility index (Phi) is 4.33. The molecule has 0 radical (unpaired) electrons. The standard InChI is InChI=1S/C19H17NO4/c1-24-15-8-6-13(7-9-15)10-11-20-17(19(22)23)12-14-4-2-3-5-16(14)18(20)21/h2-9,12H,10-11H2,1H3,(H,22,23). The van der Waals surface area contributed by atoms with Gasteiger partial charge in [-0.3, -0.25) is 4.79 Å². The predicted octanol–water partition coefficient (Wildman–Crippen LogP) is 2.95. The number of nitrogens with zero attached hydrogens (tertiary/aromatic N) is 1. The molecule has 2 aromatic carbocycles. The number of ether oxygens (including phenoxy) is 1. The second-order valence-electron chi connectivity index (χ2n) is 5.48. The van der Waals surface area contributed by atoms with Gasteiger partial charge in [0.1, 0.15) is 11.4 Å². The van der Waals surface area contributed by atoms with Crippen molar-refractivity contribution in [2.24, 2.45) is 0 Å². The lowest BCUT2D eigenvalue weighted by atomic mass is 10.1. The van der Waals surface area contributed by atoms with Crippen LogP contribution >= 0.6 is 0 Å². The highest BCUT2D eigenvalue weighted by Gasteiger charge is 2.14. The van der Waals surface area contributed by atoms with Gasteiger partial charge in [-0.1, -0.05) is 30.3 Å². The summed E-state index contributed by atoms with van der Waals surface area (Å²) < 4.78 is 6.45. The molecular formula is C19H17NO4. The van der Waals surface area contributed by atoms with E-state index < -0.39 is 5.97 Å². The number of hydrogen-bond donors (Lipinski definition) is 1. The molecule has 5 heteroatoms. The van der Waals surface area contributed by atoms with Gasteiger partial charge >= 0.3 is 5.97 Å². The van der Waals surface area contributed by atoms with Crippen LogP contribution in [-0.4, -0.2) is 22.8 Å². The Bertz CT molecular complexity index is 942. The second-order valence-corrected chi connectivity index (χ2v) is 5.48. The number of hydrogen-bond acceptors (Lipinski definition) is 3. The van der Waals surface area contributed by atoms with Gasteiger partial charge in [0.15, 0.2) is 0 Å². The maximum atomic E-state index is 12.7. The molecule has 5 nitrogen and oxygen atoms in total. The highest BCUT2D eigenvalue weighted by atomic mass is 16.5. The normalized spacial score (nSPS) is 10.7. The lowest BCUT2D eigenvalue weighted by Crippen LogP contribution is -2.27. The molecule has 0 fully saturated rings. The van der Waals surface area contributed by atoms with Crippen molar-refractivity contribution < 1.29 is 14.6 Å². The Hall–Kier alpha value is -3.08. The van der Waals surface area contributed by atoms with Gasteiger partial charge in [0.05, 0.1) is 7.11 Å². The molecule has 0 aliphatic heterocycles. The number of benzene rings is 2. The number of carboxylic acid groups (broad SMARTS) is 1. The number of aromatic carboxylic acids is 1. The smallest absolute Gasteiger partial charge is 0.352 e.